The topological polar surface area (TPSA) is 47.9 Å². The lowest BCUT2D eigenvalue weighted by atomic mass is 9.60. The maximum Gasteiger partial charge on any atom is 0.137 e. The first-order chi connectivity index (χ1) is 10.5. The smallest absolute Gasteiger partial charge is 0.137 e. The van der Waals surface area contributed by atoms with Crippen molar-refractivity contribution in [2.24, 2.45) is 10.8 Å². The van der Waals surface area contributed by atoms with Crippen LogP contribution in [0.1, 0.15) is 46.3 Å². The molecule has 0 saturated carbocycles. The van der Waals surface area contributed by atoms with Crippen LogP contribution >= 0.6 is 15.9 Å². The van der Waals surface area contributed by atoms with E-state index in [1.54, 1.807) is 14.2 Å². The Morgan fingerprint density at radius 1 is 1.17 bits per heavy atom. The zero-order valence-corrected chi connectivity index (χ0v) is 16.6. The van der Waals surface area contributed by atoms with Crippen molar-refractivity contribution in [3.8, 4) is 11.5 Å². The van der Waals surface area contributed by atoms with E-state index < -0.39 is 11.7 Å². The summed E-state index contributed by atoms with van der Waals surface area (Å²) in [5, 5.41) is 11.6. The highest BCUT2D eigenvalue weighted by molar-refractivity contribution is 9.10. The van der Waals surface area contributed by atoms with Gasteiger partial charge in [0.15, 0.2) is 0 Å². The van der Waals surface area contributed by atoms with E-state index in [0.717, 1.165) is 10.0 Å². The van der Waals surface area contributed by atoms with Crippen LogP contribution in [0.2, 0.25) is 0 Å². The van der Waals surface area contributed by atoms with E-state index >= 15 is 0 Å². The Morgan fingerprint density at radius 3 is 2.04 bits per heavy atom. The number of ether oxygens (including phenoxy) is 3. The molecule has 1 fully saturated rings. The van der Waals surface area contributed by atoms with Crippen LogP contribution < -0.4 is 9.47 Å². The van der Waals surface area contributed by atoms with Gasteiger partial charge in [-0.05, 0) is 39.0 Å². The molecule has 5 heteroatoms. The highest BCUT2D eigenvalue weighted by Crippen LogP contribution is 2.58. The molecule has 0 aromatic heterocycles. The number of aliphatic hydroxyl groups is 1. The van der Waals surface area contributed by atoms with Crippen molar-refractivity contribution in [2.45, 2.75) is 46.3 Å². The number of halogens is 1. The maximum atomic E-state index is 11.6. The van der Waals surface area contributed by atoms with E-state index in [4.69, 9.17) is 14.2 Å². The molecule has 0 spiro atoms. The summed E-state index contributed by atoms with van der Waals surface area (Å²) in [6.07, 6.45) is -0.451. The summed E-state index contributed by atoms with van der Waals surface area (Å²) in [6.45, 7) is 10.7. The summed E-state index contributed by atoms with van der Waals surface area (Å²) in [7, 11) is 3.22. The van der Waals surface area contributed by atoms with Crippen LogP contribution in [0.15, 0.2) is 16.6 Å². The van der Waals surface area contributed by atoms with Gasteiger partial charge in [-0.3, -0.25) is 0 Å². The van der Waals surface area contributed by atoms with Crippen LogP contribution in [0.25, 0.3) is 0 Å². The zero-order valence-electron chi connectivity index (χ0n) is 15.0. The molecular weight excluding hydrogens is 360 g/mol. The first kappa shape index (κ1) is 18.6. The molecule has 23 heavy (non-hydrogen) atoms. The van der Waals surface area contributed by atoms with Crippen LogP contribution in [0.3, 0.4) is 0 Å². The predicted molar refractivity (Wildman–Crippen MR) is 94.1 cm³/mol. The molecule has 2 atom stereocenters. The minimum Gasteiger partial charge on any atom is -0.495 e. The molecule has 1 heterocycles. The van der Waals surface area contributed by atoms with Gasteiger partial charge in [0, 0.05) is 5.41 Å². The van der Waals surface area contributed by atoms with E-state index in [9.17, 15) is 5.11 Å². The fourth-order valence-electron chi connectivity index (χ4n) is 3.66. The van der Waals surface area contributed by atoms with Gasteiger partial charge in [0.1, 0.15) is 27.7 Å². The predicted octanol–water partition coefficient (Wildman–Crippen LogP) is 4.34. The van der Waals surface area contributed by atoms with Gasteiger partial charge < -0.3 is 19.3 Å². The molecule has 2 rings (SSSR count). The third-order valence-electron chi connectivity index (χ3n) is 4.94. The van der Waals surface area contributed by atoms with Crippen molar-refractivity contribution in [2.75, 3.05) is 20.8 Å². The van der Waals surface area contributed by atoms with Gasteiger partial charge in [0.2, 0.25) is 0 Å². The lowest BCUT2D eigenvalue weighted by molar-refractivity contribution is -0.149. The molecule has 1 N–H and O–H groups in total. The van der Waals surface area contributed by atoms with Crippen LogP contribution in [-0.2, 0) is 4.74 Å². The second kappa shape index (κ2) is 5.94. The van der Waals surface area contributed by atoms with Crippen molar-refractivity contribution in [1.82, 2.24) is 0 Å². The Labute approximate surface area is 147 Å². The largest absolute Gasteiger partial charge is 0.495 e. The molecule has 1 aliphatic rings. The number of rotatable bonds is 3. The molecular formula is C18H27BrO4. The second-order valence-electron chi connectivity index (χ2n) is 7.83. The summed E-state index contributed by atoms with van der Waals surface area (Å²) in [6, 6.07) is 3.80. The molecule has 1 saturated heterocycles. The fraction of sp³-hybridized carbons (Fsp3) is 0.667. The number of hydrogen-bond acceptors (Lipinski definition) is 4. The van der Waals surface area contributed by atoms with Gasteiger partial charge in [0.25, 0.3) is 0 Å². The molecule has 4 nitrogen and oxygen atoms in total. The van der Waals surface area contributed by atoms with E-state index in [-0.39, 0.29) is 10.8 Å². The van der Waals surface area contributed by atoms with Gasteiger partial charge in [-0.1, -0.05) is 34.6 Å². The Bertz CT molecular complexity index is 566. The van der Waals surface area contributed by atoms with E-state index in [2.05, 4.69) is 15.9 Å². The molecule has 2 unspecified atom stereocenters. The van der Waals surface area contributed by atoms with Gasteiger partial charge in [-0.15, -0.1) is 0 Å². The summed E-state index contributed by atoms with van der Waals surface area (Å²) in [4.78, 5) is 0. The SMILES string of the molecule is COc1cc(C2OCC(C)(C)C2(O)C(C)(C)C)cc(OC)c1Br. The lowest BCUT2D eigenvalue weighted by Gasteiger charge is -2.48. The fourth-order valence-corrected chi connectivity index (χ4v) is 4.22. The minimum atomic E-state index is -1.02. The third kappa shape index (κ3) is 2.77. The molecule has 0 radical (unpaired) electrons. The van der Waals surface area contributed by atoms with Gasteiger partial charge in [-0.25, -0.2) is 0 Å². The first-order valence-corrected chi connectivity index (χ1v) is 8.54. The third-order valence-corrected chi connectivity index (χ3v) is 5.72. The summed E-state index contributed by atoms with van der Waals surface area (Å²) < 4.78 is 17.7. The van der Waals surface area contributed by atoms with Crippen molar-refractivity contribution in [1.29, 1.82) is 0 Å². The Hall–Kier alpha value is -0.780. The van der Waals surface area contributed by atoms with E-state index in [1.165, 1.54) is 0 Å². The van der Waals surface area contributed by atoms with E-state index in [1.807, 2.05) is 46.8 Å². The zero-order chi connectivity index (χ0) is 17.6. The lowest BCUT2D eigenvalue weighted by Crippen LogP contribution is -2.54. The van der Waals surface area contributed by atoms with Crippen molar-refractivity contribution >= 4 is 15.9 Å². The van der Waals surface area contributed by atoms with E-state index in [0.29, 0.717) is 18.1 Å². The average Bonchev–Trinajstić information content (AvgIpc) is 2.71. The Balaban J connectivity index is 2.62. The molecule has 0 amide bonds. The maximum absolute atomic E-state index is 11.6. The van der Waals surface area contributed by atoms with Crippen LogP contribution in [-0.4, -0.2) is 31.5 Å². The summed E-state index contributed by atoms with van der Waals surface area (Å²) in [5.74, 6) is 1.31. The minimum absolute atomic E-state index is 0.356. The molecule has 0 aliphatic carbocycles. The second-order valence-corrected chi connectivity index (χ2v) is 8.62. The highest BCUT2D eigenvalue weighted by atomic mass is 79.9. The quantitative estimate of drug-likeness (QED) is 0.838. The Morgan fingerprint density at radius 2 is 1.65 bits per heavy atom. The van der Waals surface area contributed by atoms with Crippen LogP contribution in [0.5, 0.6) is 11.5 Å². The molecule has 1 aliphatic heterocycles. The van der Waals surface area contributed by atoms with Crippen LogP contribution in [0, 0.1) is 10.8 Å². The van der Waals surface area contributed by atoms with Gasteiger partial charge in [0.05, 0.1) is 20.8 Å². The van der Waals surface area contributed by atoms with Crippen molar-refractivity contribution in [3.63, 3.8) is 0 Å². The molecule has 0 bridgehead atoms. The first-order valence-electron chi connectivity index (χ1n) is 7.75. The number of methoxy groups -OCH3 is 2. The summed E-state index contributed by atoms with van der Waals surface area (Å²) >= 11 is 3.48. The molecule has 1 aromatic carbocycles. The highest BCUT2D eigenvalue weighted by Gasteiger charge is 2.62. The number of hydrogen-bond donors (Lipinski definition) is 1. The van der Waals surface area contributed by atoms with Crippen molar-refractivity contribution < 1.29 is 19.3 Å². The monoisotopic (exact) mass is 386 g/mol. The summed E-state index contributed by atoms with van der Waals surface area (Å²) in [5.41, 5.74) is -0.900. The average molecular weight is 387 g/mol. The Kier molecular flexibility index (Phi) is 4.79. The standard InChI is InChI=1S/C18H27BrO4/c1-16(2,3)18(20)15(23-10-17(18,4)5)11-8-12(21-6)14(19)13(9-11)22-7/h8-9,15,20H,10H2,1-7H3. The number of benzene rings is 1. The normalized spacial score (nSPS) is 27.1. The molecule has 130 valence electrons. The van der Waals surface area contributed by atoms with Crippen molar-refractivity contribution in [3.05, 3.63) is 22.2 Å². The molecule has 1 aromatic rings. The van der Waals surface area contributed by atoms with Crippen LogP contribution in [0.4, 0.5) is 0 Å². The van der Waals surface area contributed by atoms with Gasteiger partial charge >= 0.3 is 0 Å². The van der Waals surface area contributed by atoms with Gasteiger partial charge in [-0.2, -0.15) is 0 Å².